The summed E-state index contributed by atoms with van der Waals surface area (Å²) in [6.07, 6.45) is 3.76. The molecule has 2 nitrogen and oxygen atoms in total. The van der Waals surface area contributed by atoms with Crippen molar-refractivity contribution in [2.45, 2.75) is 46.1 Å². The van der Waals surface area contributed by atoms with Gasteiger partial charge in [0.25, 0.3) is 6.47 Å². The molecule has 0 aliphatic heterocycles. The average molecular weight is 182 g/mol. The molecule has 2 heteroatoms. The summed E-state index contributed by atoms with van der Waals surface area (Å²) in [4.78, 5) is 10.4. The van der Waals surface area contributed by atoms with Crippen LogP contribution in [0, 0.1) is 16.7 Å². The minimum absolute atomic E-state index is 0.166. The predicted molar refractivity (Wildman–Crippen MR) is 50.2 cm³/mol. The lowest BCUT2D eigenvalue weighted by Gasteiger charge is -2.37. The molecule has 0 amide bonds. The van der Waals surface area contributed by atoms with Crippen molar-refractivity contribution in [3.8, 4) is 0 Å². The van der Waals surface area contributed by atoms with Crippen LogP contribution in [0.3, 0.4) is 0 Å². The van der Waals surface area contributed by atoms with Crippen LogP contribution >= 0.6 is 0 Å². The number of carbonyl (C=O) groups is 1. The Morgan fingerprint density at radius 1 is 1.38 bits per heavy atom. The fourth-order valence-electron chi connectivity index (χ4n) is 3.40. The van der Waals surface area contributed by atoms with E-state index in [-0.39, 0.29) is 11.5 Å². The standard InChI is InChI=1S/C11H18O2/c1-10(2)8-4-5-11(10,3)9(6-8)13-7-12/h7-9H,4-6H2,1-3H3/t8-,9+,11+/m1/s1. The highest BCUT2D eigenvalue weighted by molar-refractivity contribution is 5.38. The number of rotatable bonds is 2. The van der Waals surface area contributed by atoms with Crippen LogP contribution in [0.1, 0.15) is 40.0 Å². The SMILES string of the molecule is CC1(C)[C@@H]2CC[C@@]1(C)[C@@H](OC=O)C2. The van der Waals surface area contributed by atoms with E-state index >= 15 is 0 Å². The van der Waals surface area contributed by atoms with Gasteiger partial charge in [0.15, 0.2) is 0 Å². The molecule has 0 unspecified atom stereocenters. The van der Waals surface area contributed by atoms with Crippen molar-refractivity contribution < 1.29 is 9.53 Å². The maximum Gasteiger partial charge on any atom is 0.293 e. The van der Waals surface area contributed by atoms with Gasteiger partial charge in [0.1, 0.15) is 6.10 Å². The first-order valence-electron chi connectivity index (χ1n) is 5.11. The highest BCUT2D eigenvalue weighted by atomic mass is 16.5. The van der Waals surface area contributed by atoms with Gasteiger partial charge in [-0.1, -0.05) is 20.8 Å². The van der Waals surface area contributed by atoms with E-state index in [0.717, 1.165) is 12.3 Å². The van der Waals surface area contributed by atoms with Gasteiger partial charge < -0.3 is 4.74 Å². The van der Waals surface area contributed by atoms with Crippen LogP contribution in [0.5, 0.6) is 0 Å². The van der Waals surface area contributed by atoms with Gasteiger partial charge in [0.2, 0.25) is 0 Å². The van der Waals surface area contributed by atoms with Crippen molar-refractivity contribution in [2.75, 3.05) is 0 Å². The van der Waals surface area contributed by atoms with E-state index in [0.29, 0.717) is 11.9 Å². The van der Waals surface area contributed by atoms with Gasteiger partial charge in [-0.25, -0.2) is 0 Å². The van der Waals surface area contributed by atoms with Gasteiger partial charge >= 0.3 is 0 Å². The molecule has 0 saturated heterocycles. The zero-order valence-corrected chi connectivity index (χ0v) is 8.67. The molecule has 0 N–H and O–H groups in total. The summed E-state index contributed by atoms with van der Waals surface area (Å²) in [5.41, 5.74) is 0.569. The molecule has 2 fully saturated rings. The van der Waals surface area contributed by atoms with Gasteiger partial charge in [-0.05, 0) is 30.6 Å². The molecule has 2 aliphatic rings. The Morgan fingerprint density at radius 2 is 2.08 bits per heavy atom. The van der Waals surface area contributed by atoms with E-state index in [1.165, 1.54) is 12.8 Å². The molecule has 13 heavy (non-hydrogen) atoms. The second-order valence-electron chi connectivity index (χ2n) is 5.33. The first-order chi connectivity index (χ1) is 6.02. The Bertz CT molecular complexity index is 234. The minimum Gasteiger partial charge on any atom is -0.464 e. The zero-order chi connectivity index (χ0) is 9.69. The topological polar surface area (TPSA) is 26.3 Å². The van der Waals surface area contributed by atoms with Crippen molar-refractivity contribution >= 4 is 6.47 Å². The average Bonchev–Trinajstić information content (AvgIpc) is 2.37. The van der Waals surface area contributed by atoms with Gasteiger partial charge in [-0.2, -0.15) is 0 Å². The Balaban J connectivity index is 2.27. The smallest absolute Gasteiger partial charge is 0.293 e. The summed E-state index contributed by atoms with van der Waals surface area (Å²) >= 11 is 0. The van der Waals surface area contributed by atoms with E-state index in [4.69, 9.17) is 4.74 Å². The number of fused-ring (bicyclic) bond motifs is 2. The summed E-state index contributed by atoms with van der Waals surface area (Å²) in [7, 11) is 0. The number of hydrogen-bond acceptors (Lipinski definition) is 2. The van der Waals surface area contributed by atoms with Crippen molar-refractivity contribution in [1.82, 2.24) is 0 Å². The highest BCUT2D eigenvalue weighted by Crippen LogP contribution is 2.66. The second-order valence-corrected chi connectivity index (χ2v) is 5.33. The number of hydrogen-bond donors (Lipinski definition) is 0. The van der Waals surface area contributed by atoms with E-state index in [9.17, 15) is 4.79 Å². The van der Waals surface area contributed by atoms with Crippen molar-refractivity contribution in [1.29, 1.82) is 0 Å². The van der Waals surface area contributed by atoms with Crippen molar-refractivity contribution in [2.24, 2.45) is 16.7 Å². The Hall–Kier alpha value is -0.530. The van der Waals surface area contributed by atoms with Crippen molar-refractivity contribution in [3.05, 3.63) is 0 Å². The third-order valence-corrected chi connectivity index (χ3v) is 4.93. The van der Waals surface area contributed by atoms with E-state index in [1.807, 2.05) is 0 Å². The molecule has 2 rings (SSSR count). The van der Waals surface area contributed by atoms with Crippen LogP contribution in [0.15, 0.2) is 0 Å². The van der Waals surface area contributed by atoms with Gasteiger partial charge in [0.05, 0.1) is 0 Å². The first kappa shape index (κ1) is 9.04. The van der Waals surface area contributed by atoms with E-state index < -0.39 is 0 Å². The molecule has 0 heterocycles. The molecule has 2 saturated carbocycles. The molecule has 2 aliphatic carbocycles. The zero-order valence-electron chi connectivity index (χ0n) is 8.67. The van der Waals surface area contributed by atoms with Crippen molar-refractivity contribution in [3.63, 3.8) is 0 Å². The monoisotopic (exact) mass is 182 g/mol. The van der Waals surface area contributed by atoms with Crippen LogP contribution < -0.4 is 0 Å². The van der Waals surface area contributed by atoms with E-state index in [1.54, 1.807) is 0 Å². The molecule has 0 spiro atoms. The van der Waals surface area contributed by atoms with Crippen LogP contribution in [0.2, 0.25) is 0 Å². The molecule has 0 aromatic heterocycles. The maximum absolute atomic E-state index is 10.4. The molecule has 3 atom stereocenters. The third-order valence-electron chi connectivity index (χ3n) is 4.93. The Labute approximate surface area is 79.7 Å². The van der Waals surface area contributed by atoms with Gasteiger partial charge in [-0.15, -0.1) is 0 Å². The predicted octanol–water partition coefficient (Wildman–Crippen LogP) is 2.37. The normalized spacial score (nSPS) is 46.4. The number of carbonyl (C=O) groups excluding carboxylic acids is 1. The van der Waals surface area contributed by atoms with Crippen LogP contribution in [-0.4, -0.2) is 12.6 Å². The molecule has 2 bridgehead atoms. The summed E-state index contributed by atoms with van der Waals surface area (Å²) in [6, 6.07) is 0. The fourth-order valence-corrected chi connectivity index (χ4v) is 3.40. The lowest BCUT2D eigenvalue weighted by atomic mass is 9.70. The number of ether oxygens (including phenoxy) is 1. The molecule has 74 valence electrons. The third kappa shape index (κ3) is 0.918. The summed E-state index contributed by atoms with van der Waals surface area (Å²) in [6.45, 7) is 7.53. The maximum atomic E-state index is 10.4. The Kier molecular flexibility index (Phi) is 1.73. The van der Waals surface area contributed by atoms with E-state index in [2.05, 4.69) is 20.8 Å². The van der Waals surface area contributed by atoms with Gasteiger partial charge in [-0.3, -0.25) is 4.79 Å². The first-order valence-corrected chi connectivity index (χ1v) is 5.11. The fraction of sp³-hybridized carbons (Fsp3) is 0.909. The molecule has 0 radical (unpaired) electrons. The molecule has 0 aromatic carbocycles. The van der Waals surface area contributed by atoms with Crippen LogP contribution in [0.25, 0.3) is 0 Å². The van der Waals surface area contributed by atoms with Gasteiger partial charge in [0, 0.05) is 5.41 Å². The second kappa shape index (κ2) is 2.49. The van der Waals surface area contributed by atoms with Crippen LogP contribution in [0.4, 0.5) is 0 Å². The molecule has 0 aromatic rings. The lowest BCUT2D eigenvalue weighted by molar-refractivity contribution is -0.141. The quantitative estimate of drug-likeness (QED) is 0.613. The summed E-state index contributed by atoms with van der Waals surface area (Å²) < 4.78 is 5.19. The largest absolute Gasteiger partial charge is 0.464 e. The summed E-state index contributed by atoms with van der Waals surface area (Å²) in [5.74, 6) is 0.752. The lowest BCUT2D eigenvalue weighted by Crippen LogP contribution is -2.36. The molecular weight excluding hydrogens is 164 g/mol. The highest BCUT2D eigenvalue weighted by Gasteiger charge is 2.62. The van der Waals surface area contributed by atoms with Crippen LogP contribution in [-0.2, 0) is 9.53 Å². The Morgan fingerprint density at radius 3 is 2.46 bits per heavy atom. The summed E-state index contributed by atoms with van der Waals surface area (Å²) in [5, 5.41) is 0. The molecular formula is C11H18O2. The minimum atomic E-state index is 0.166.